The molecule has 0 bridgehead atoms. The zero-order valence-corrected chi connectivity index (χ0v) is 15.7. The highest BCUT2D eigenvalue weighted by molar-refractivity contribution is 5.92. The monoisotopic (exact) mass is 432 g/mol. The van der Waals surface area contributed by atoms with E-state index in [0.29, 0.717) is 25.2 Å². The number of fused-ring (bicyclic) bond motifs is 2. The van der Waals surface area contributed by atoms with Gasteiger partial charge >= 0.3 is 5.97 Å². The maximum Gasteiger partial charge on any atom is 0.341 e. The average molecular weight is 432 g/mol. The highest BCUT2D eigenvalue weighted by Gasteiger charge is 2.54. The molecule has 1 unspecified atom stereocenters. The lowest BCUT2D eigenvalue weighted by molar-refractivity contribution is 0.0695. The summed E-state index contributed by atoms with van der Waals surface area (Å²) < 4.78 is 43.7. The Morgan fingerprint density at radius 2 is 1.81 bits per heavy atom. The van der Waals surface area contributed by atoms with Crippen LogP contribution in [-0.4, -0.2) is 44.9 Å². The number of phenols is 1. The number of pyridine rings is 2. The first-order valence-corrected chi connectivity index (χ1v) is 9.35. The minimum absolute atomic E-state index is 0.0429. The lowest BCUT2D eigenvalue weighted by Crippen LogP contribution is -2.30. The summed E-state index contributed by atoms with van der Waals surface area (Å²) in [5, 5.41) is 19.1. The van der Waals surface area contributed by atoms with Crippen LogP contribution in [0.2, 0.25) is 0 Å². The van der Waals surface area contributed by atoms with Gasteiger partial charge in [0, 0.05) is 37.5 Å². The lowest BCUT2D eigenvalue weighted by Gasteiger charge is -2.22. The molecule has 3 atom stereocenters. The number of halogens is 3. The Bertz CT molecular complexity index is 1310. The summed E-state index contributed by atoms with van der Waals surface area (Å²) in [6.45, 7) is 0.906. The summed E-state index contributed by atoms with van der Waals surface area (Å²) in [5.41, 5.74) is 3.19. The summed E-state index contributed by atoms with van der Waals surface area (Å²) in [6.07, 6.45) is 0.773. The quantitative estimate of drug-likeness (QED) is 0.575. The number of aromatic nitrogens is 2. The van der Waals surface area contributed by atoms with Crippen molar-refractivity contribution >= 4 is 22.8 Å². The van der Waals surface area contributed by atoms with Crippen LogP contribution in [0.5, 0.6) is 5.75 Å². The number of phenolic OH excluding ortho intramolecular Hbond substituents is 1. The van der Waals surface area contributed by atoms with E-state index in [2.05, 4.69) is 4.98 Å². The van der Waals surface area contributed by atoms with Gasteiger partial charge in [0.05, 0.1) is 5.39 Å². The van der Waals surface area contributed by atoms with E-state index < -0.39 is 51.2 Å². The number of carboxylic acids is 1. The molecule has 0 amide bonds. The van der Waals surface area contributed by atoms with Gasteiger partial charge in [0.1, 0.15) is 22.8 Å². The van der Waals surface area contributed by atoms with Gasteiger partial charge in [-0.15, -0.1) is 0 Å². The minimum atomic E-state index is -1.64. The molecular weight excluding hydrogens is 417 g/mol. The van der Waals surface area contributed by atoms with Crippen LogP contribution in [0.3, 0.4) is 0 Å². The normalized spacial score (nSPS) is 22.1. The van der Waals surface area contributed by atoms with E-state index in [1.165, 1.54) is 0 Å². The lowest BCUT2D eigenvalue weighted by atomic mass is 10.1. The number of piperidine rings is 1. The minimum Gasteiger partial charge on any atom is -0.506 e. The van der Waals surface area contributed by atoms with Gasteiger partial charge in [0.2, 0.25) is 5.43 Å². The number of rotatable bonds is 3. The fraction of sp³-hybridized carbons (Fsp3) is 0.250. The van der Waals surface area contributed by atoms with E-state index in [9.17, 15) is 33.0 Å². The second-order valence-electron chi connectivity index (χ2n) is 7.78. The smallest absolute Gasteiger partial charge is 0.341 e. The van der Waals surface area contributed by atoms with Gasteiger partial charge in [-0.25, -0.2) is 22.9 Å². The SMILES string of the molecule is NC1[C@H]2CN(c3nc4c(cc3F)c(=O)c(C(=O)O)cn4-c3c(O)cc(F)cc3F)C[C@@H]12. The maximum absolute atomic E-state index is 14.9. The fourth-order valence-corrected chi connectivity index (χ4v) is 4.30. The second kappa shape index (κ2) is 6.45. The summed E-state index contributed by atoms with van der Waals surface area (Å²) >= 11 is 0. The van der Waals surface area contributed by atoms with Crippen molar-refractivity contribution in [2.45, 2.75) is 6.04 Å². The molecule has 3 aromatic rings. The molecule has 4 N–H and O–H groups in total. The van der Waals surface area contributed by atoms with Crippen LogP contribution in [0.25, 0.3) is 16.7 Å². The van der Waals surface area contributed by atoms with E-state index in [1.54, 1.807) is 4.90 Å². The third kappa shape index (κ3) is 2.84. The fourth-order valence-electron chi connectivity index (χ4n) is 4.30. The number of nitrogens with two attached hydrogens (primary N) is 1. The summed E-state index contributed by atoms with van der Waals surface area (Å²) in [4.78, 5) is 30.0. The molecule has 1 aliphatic carbocycles. The van der Waals surface area contributed by atoms with Gasteiger partial charge in [-0.1, -0.05) is 0 Å². The Labute approximate surface area is 172 Å². The third-order valence-corrected chi connectivity index (χ3v) is 5.95. The molecule has 8 nitrogen and oxygen atoms in total. The van der Waals surface area contributed by atoms with Gasteiger partial charge in [-0.3, -0.25) is 9.36 Å². The molecule has 2 aliphatic rings. The third-order valence-electron chi connectivity index (χ3n) is 5.95. The molecule has 2 fully saturated rings. The molecule has 3 heterocycles. The standard InChI is InChI=1S/C20H15F3N4O4/c21-7-1-12(22)16(14(28)2-7)27-6-11(20(30)31)17(29)8-3-13(23)19(25-18(8)27)26-4-9-10(5-26)15(9)24/h1-3,6,9-10,15,28H,4-5,24H2,(H,30,31)/t9-,10+,15?. The summed E-state index contributed by atoms with van der Waals surface area (Å²) in [6, 6.07) is 1.99. The Balaban J connectivity index is 1.79. The van der Waals surface area contributed by atoms with Crippen molar-refractivity contribution in [3.63, 3.8) is 0 Å². The van der Waals surface area contributed by atoms with Crippen LogP contribution >= 0.6 is 0 Å². The first-order chi connectivity index (χ1) is 14.7. The molecule has 1 aliphatic heterocycles. The number of carbonyl (C=O) groups is 1. The summed E-state index contributed by atoms with van der Waals surface area (Å²) in [7, 11) is 0. The second-order valence-corrected chi connectivity index (χ2v) is 7.78. The van der Waals surface area contributed by atoms with Crippen molar-refractivity contribution < 1.29 is 28.2 Å². The van der Waals surface area contributed by atoms with Gasteiger partial charge in [0.25, 0.3) is 0 Å². The first kappa shape index (κ1) is 19.4. The number of nitrogens with zero attached hydrogens (tertiary/aromatic N) is 3. The van der Waals surface area contributed by atoms with Crippen LogP contribution in [0, 0.1) is 29.3 Å². The van der Waals surface area contributed by atoms with Gasteiger partial charge in [-0.05, 0) is 17.9 Å². The van der Waals surface area contributed by atoms with Crippen LogP contribution in [0.15, 0.2) is 29.2 Å². The van der Waals surface area contributed by atoms with Crippen molar-refractivity contribution in [3.8, 4) is 11.4 Å². The van der Waals surface area contributed by atoms with Crippen LogP contribution in [-0.2, 0) is 0 Å². The van der Waals surface area contributed by atoms with E-state index in [0.717, 1.165) is 16.8 Å². The predicted octanol–water partition coefficient (Wildman–Crippen LogP) is 1.60. The Hall–Kier alpha value is -3.60. The van der Waals surface area contributed by atoms with Crippen molar-refractivity contribution in [1.29, 1.82) is 0 Å². The number of hydrogen-bond donors (Lipinski definition) is 3. The molecule has 0 spiro atoms. The van der Waals surface area contributed by atoms with Crippen LogP contribution in [0.4, 0.5) is 19.0 Å². The highest BCUT2D eigenvalue weighted by Crippen LogP contribution is 2.45. The Morgan fingerprint density at radius 3 is 2.42 bits per heavy atom. The predicted molar refractivity (Wildman–Crippen MR) is 103 cm³/mol. The van der Waals surface area contributed by atoms with Crippen LogP contribution < -0.4 is 16.1 Å². The zero-order chi connectivity index (χ0) is 22.2. The molecule has 0 radical (unpaired) electrons. The van der Waals surface area contributed by atoms with E-state index >= 15 is 0 Å². The Kier molecular flexibility index (Phi) is 4.03. The first-order valence-electron chi connectivity index (χ1n) is 9.35. The zero-order valence-electron chi connectivity index (χ0n) is 15.7. The van der Waals surface area contributed by atoms with Crippen molar-refractivity contribution in [1.82, 2.24) is 9.55 Å². The topological polar surface area (TPSA) is 122 Å². The number of aromatic hydroxyl groups is 1. The molecule has 160 valence electrons. The molecule has 5 rings (SSSR count). The van der Waals surface area contributed by atoms with E-state index in [-0.39, 0.29) is 29.3 Å². The van der Waals surface area contributed by atoms with Crippen LogP contribution in [0.1, 0.15) is 10.4 Å². The Morgan fingerprint density at radius 1 is 1.13 bits per heavy atom. The molecule has 1 saturated carbocycles. The van der Waals surface area contributed by atoms with E-state index in [1.807, 2.05) is 0 Å². The summed E-state index contributed by atoms with van der Waals surface area (Å²) in [5.74, 6) is -5.32. The number of hydrogen-bond acceptors (Lipinski definition) is 6. The van der Waals surface area contributed by atoms with Crippen molar-refractivity contribution in [3.05, 3.63) is 57.6 Å². The largest absolute Gasteiger partial charge is 0.506 e. The molecule has 1 saturated heterocycles. The maximum atomic E-state index is 14.9. The average Bonchev–Trinajstić information content (AvgIpc) is 3.09. The molecule has 11 heteroatoms. The van der Waals surface area contributed by atoms with Gasteiger partial charge < -0.3 is 20.8 Å². The molecule has 31 heavy (non-hydrogen) atoms. The molecular formula is C20H15F3N4O4. The number of benzene rings is 1. The highest BCUT2D eigenvalue weighted by atomic mass is 19.1. The van der Waals surface area contributed by atoms with Crippen molar-refractivity contribution in [2.75, 3.05) is 18.0 Å². The van der Waals surface area contributed by atoms with E-state index in [4.69, 9.17) is 5.73 Å². The van der Waals surface area contributed by atoms with Gasteiger partial charge in [0.15, 0.2) is 23.1 Å². The molecule has 1 aromatic carbocycles. The number of anilines is 1. The number of carboxylic acid groups (broad SMARTS) is 1. The van der Waals surface area contributed by atoms with Gasteiger partial charge in [-0.2, -0.15) is 0 Å². The molecule has 2 aromatic heterocycles. The van der Waals surface area contributed by atoms with Crippen molar-refractivity contribution in [2.24, 2.45) is 17.6 Å². The number of aromatic carboxylic acids is 1.